The van der Waals surface area contributed by atoms with Crippen LogP contribution in [0.1, 0.15) is 18.6 Å². The summed E-state index contributed by atoms with van der Waals surface area (Å²) in [4.78, 5) is 30.5. The van der Waals surface area contributed by atoms with Gasteiger partial charge in [0.1, 0.15) is 5.82 Å². The molecule has 2 atom stereocenters. The number of H-pyrrole nitrogens is 1. The zero-order valence-corrected chi connectivity index (χ0v) is 11.8. The van der Waals surface area contributed by atoms with Crippen LogP contribution < -0.4 is 0 Å². The molecule has 1 aromatic heterocycles. The Kier molecular flexibility index (Phi) is 3.91. The first-order chi connectivity index (χ1) is 9.38. The van der Waals surface area contributed by atoms with E-state index in [2.05, 4.69) is 15.2 Å². The van der Waals surface area contributed by atoms with Gasteiger partial charge in [0.15, 0.2) is 5.82 Å². The average molecular weight is 281 g/mol. The van der Waals surface area contributed by atoms with E-state index in [1.54, 1.807) is 18.9 Å². The van der Waals surface area contributed by atoms with E-state index in [9.17, 15) is 9.59 Å². The van der Waals surface area contributed by atoms with Gasteiger partial charge >= 0.3 is 12.0 Å². The van der Waals surface area contributed by atoms with Gasteiger partial charge in [-0.25, -0.2) is 9.78 Å². The molecule has 110 valence electrons. The van der Waals surface area contributed by atoms with Crippen molar-refractivity contribution in [2.75, 3.05) is 20.1 Å². The van der Waals surface area contributed by atoms with Gasteiger partial charge in [0.2, 0.25) is 0 Å². The van der Waals surface area contributed by atoms with Gasteiger partial charge in [0.25, 0.3) is 0 Å². The first kappa shape index (κ1) is 14.3. The van der Waals surface area contributed by atoms with Crippen LogP contribution in [-0.2, 0) is 11.3 Å². The fourth-order valence-electron chi connectivity index (χ4n) is 2.43. The highest BCUT2D eigenvalue weighted by atomic mass is 16.4. The fourth-order valence-corrected chi connectivity index (χ4v) is 2.43. The molecule has 8 nitrogen and oxygen atoms in total. The minimum Gasteiger partial charge on any atom is -0.481 e. The number of nitrogens with zero attached hydrogens (tertiary/aromatic N) is 4. The van der Waals surface area contributed by atoms with Crippen LogP contribution >= 0.6 is 0 Å². The van der Waals surface area contributed by atoms with Gasteiger partial charge in [0, 0.05) is 20.1 Å². The van der Waals surface area contributed by atoms with Crippen LogP contribution in [0.3, 0.4) is 0 Å². The standard InChI is InChI=1S/C12H19N5O3/c1-7-4-17(5-9(7)11(18)19)12(20)16(3)6-10-13-8(2)14-15-10/h7,9H,4-6H2,1-3H3,(H,18,19)(H,13,14,15). The number of aryl methyl sites for hydroxylation is 1. The summed E-state index contributed by atoms with van der Waals surface area (Å²) in [6.07, 6.45) is 0. The van der Waals surface area contributed by atoms with E-state index in [-0.39, 0.29) is 18.5 Å². The van der Waals surface area contributed by atoms with Crippen molar-refractivity contribution in [2.45, 2.75) is 20.4 Å². The Bertz CT molecular complexity index is 515. The second kappa shape index (κ2) is 5.48. The van der Waals surface area contributed by atoms with Gasteiger partial charge in [-0.15, -0.1) is 0 Å². The molecule has 0 bridgehead atoms. The number of carboxylic acid groups (broad SMARTS) is 1. The predicted octanol–water partition coefficient (Wildman–Crippen LogP) is 0.317. The van der Waals surface area contributed by atoms with Gasteiger partial charge in [-0.2, -0.15) is 5.10 Å². The molecule has 0 radical (unpaired) electrons. The maximum absolute atomic E-state index is 12.3. The SMILES string of the molecule is Cc1nc(CN(C)C(=O)N2CC(C)C(C(=O)O)C2)n[nH]1. The summed E-state index contributed by atoms with van der Waals surface area (Å²) in [6, 6.07) is -0.192. The summed E-state index contributed by atoms with van der Waals surface area (Å²) >= 11 is 0. The smallest absolute Gasteiger partial charge is 0.320 e. The van der Waals surface area contributed by atoms with Crippen molar-refractivity contribution < 1.29 is 14.7 Å². The molecule has 2 unspecified atom stereocenters. The van der Waals surface area contributed by atoms with E-state index >= 15 is 0 Å². The van der Waals surface area contributed by atoms with E-state index in [1.165, 1.54) is 4.90 Å². The summed E-state index contributed by atoms with van der Waals surface area (Å²) in [6.45, 7) is 4.66. The Balaban J connectivity index is 1.96. The minimum absolute atomic E-state index is 0.0318. The maximum atomic E-state index is 12.3. The number of carboxylic acids is 1. The summed E-state index contributed by atoms with van der Waals surface area (Å²) in [5.74, 6) is -0.129. The molecule has 20 heavy (non-hydrogen) atoms. The zero-order valence-electron chi connectivity index (χ0n) is 11.8. The molecule has 1 saturated heterocycles. The molecular formula is C12H19N5O3. The lowest BCUT2D eigenvalue weighted by Crippen LogP contribution is -2.40. The van der Waals surface area contributed by atoms with E-state index in [0.717, 1.165) is 0 Å². The number of amides is 2. The Hall–Kier alpha value is -2.12. The number of aromatic nitrogens is 3. The molecule has 8 heteroatoms. The van der Waals surface area contributed by atoms with Gasteiger partial charge in [0.05, 0.1) is 12.5 Å². The van der Waals surface area contributed by atoms with Gasteiger partial charge in [-0.3, -0.25) is 9.89 Å². The van der Waals surface area contributed by atoms with Crippen LogP contribution in [0.4, 0.5) is 4.79 Å². The zero-order chi connectivity index (χ0) is 14.9. The van der Waals surface area contributed by atoms with Crippen LogP contribution in [0.2, 0.25) is 0 Å². The molecule has 0 aromatic carbocycles. The van der Waals surface area contributed by atoms with Crippen LogP contribution in [0.25, 0.3) is 0 Å². The molecular weight excluding hydrogens is 262 g/mol. The third-order valence-electron chi connectivity index (χ3n) is 3.55. The molecule has 0 spiro atoms. The Morgan fingerprint density at radius 1 is 1.50 bits per heavy atom. The summed E-state index contributed by atoms with van der Waals surface area (Å²) in [7, 11) is 1.66. The van der Waals surface area contributed by atoms with Gasteiger partial charge in [-0.1, -0.05) is 6.92 Å². The number of hydrogen-bond acceptors (Lipinski definition) is 4. The molecule has 1 fully saturated rings. The van der Waals surface area contributed by atoms with E-state index in [4.69, 9.17) is 5.11 Å². The van der Waals surface area contributed by atoms with E-state index < -0.39 is 11.9 Å². The summed E-state index contributed by atoms with van der Waals surface area (Å²) in [5.41, 5.74) is 0. The highest BCUT2D eigenvalue weighted by Gasteiger charge is 2.37. The topological polar surface area (TPSA) is 102 Å². The van der Waals surface area contributed by atoms with Crippen molar-refractivity contribution in [3.8, 4) is 0 Å². The Labute approximate surface area is 116 Å². The van der Waals surface area contributed by atoms with E-state index in [1.807, 2.05) is 6.92 Å². The second-order valence-electron chi connectivity index (χ2n) is 5.30. The van der Waals surface area contributed by atoms with Gasteiger partial charge < -0.3 is 14.9 Å². The first-order valence-electron chi connectivity index (χ1n) is 6.49. The number of rotatable bonds is 3. The largest absolute Gasteiger partial charge is 0.481 e. The van der Waals surface area contributed by atoms with Crippen molar-refractivity contribution in [2.24, 2.45) is 11.8 Å². The van der Waals surface area contributed by atoms with Crippen molar-refractivity contribution in [3.63, 3.8) is 0 Å². The van der Waals surface area contributed by atoms with Gasteiger partial charge in [-0.05, 0) is 12.8 Å². The number of carbonyl (C=O) groups excluding carboxylic acids is 1. The third kappa shape index (κ3) is 2.89. The summed E-state index contributed by atoms with van der Waals surface area (Å²) in [5, 5.41) is 15.8. The number of nitrogens with one attached hydrogen (secondary N) is 1. The second-order valence-corrected chi connectivity index (χ2v) is 5.30. The molecule has 1 aromatic rings. The number of aromatic amines is 1. The monoisotopic (exact) mass is 281 g/mol. The van der Waals surface area contributed by atoms with Crippen molar-refractivity contribution in [1.82, 2.24) is 25.0 Å². The predicted molar refractivity (Wildman–Crippen MR) is 69.8 cm³/mol. The number of likely N-dealkylation sites (tertiary alicyclic amines) is 1. The molecule has 1 aliphatic heterocycles. The maximum Gasteiger partial charge on any atom is 0.320 e. The van der Waals surface area contributed by atoms with E-state index in [0.29, 0.717) is 24.7 Å². The molecule has 2 N–H and O–H groups in total. The van der Waals surface area contributed by atoms with Crippen LogP contribution in [0, 0.1) is 18.8 Å². The van der Waals surface area contributed by atoms with Crippen molar-refractivity contribution in [1.29, 1.82) is 0 Å². The van der Waals surface area contributed by atoms with Crippen LogP contribution in [-0.4, -0.2) is 62.2 Å². The normalized spacial score (nSPS) is 22.1. The number of urea groups is 1. The first-order valence-corrected chi connectivity index (χ1v) is 6.49. The lowest BCUT2D eigenvalue weighted by atomic mass is 9.99. The highest BCUT2D eigenvalue weighted by Crippen LogP contribution is 2.24. The Morgan fingerprint density at radius 3 is 2.70 bits per heavy atom. The number of aliphatic carboxylic acids is 1. The quantitative estimate of drug-likeness (QED) is 0.830. The minimum atomic E-state index is -0.847. The van der Waals surface area contributed by atoms with Crippen LogP contribution in [0.15, 0.2) is 0 Å². The number of hydrogen-bond donors (Lipinski definition) is 2. The highest BCUT2D eigenvalue weighted by molar-refractivity contribution is 5.77. The molecule has 0 saturated carbocycles. The third-order valence-corrected chi connectivity index (χ3v) is 3.55. The average Bonchev–Trinajstić information content (AvgIpc) is 2.94. The summed E-state index contributed by atoms with van der Waals surface area (Å²) < 4.78 is 0. The van der Waals surface area contributed by atoms with Crippen LogP contribution in [0.5, 0.6) is 0 Å². The van der Waals surface area contributed by atoms with Crippen molar-refractivity contribution in [3.05, 3.63) is 11.6 Å². The molecule has 2 amide bonds. The molecule has 2 rings (SSSR count). The molecule has 1 aliphatic rings. The van der Waals surface area contributed by atoms with Crippen molar-refractivity contribution >= 4 is 12.0 Å². The number of carbonyl (C=O) groups is 2. The Morgan fingerprint density at radius 2 is 2.20 bits per heavy atom. The lowest BCUT2D eigenvalue weighted by Gasteiger charge is -2.23. The lowest BCUT2D eigenvalue weighted by molar-refractivity contribution is -0.142. The molecule has 0 aliphatic carbocycles. The fraction of sp³-hybridized carbons (Fsp3) is 0.667. The molecule has 2 heterocycles.